The van der Waals surface area contributed by atoms with E-state index in [9.17, 15) is 0 Å². The van der Waals surface area contributed by atoms with Crippen LogP contribution in [-0.2, 0) is 11.2 Å². The van der Waals surface area contributed by atoms with Crippen molar-refractivity contribution < 1.29 is 9.26 Å². The number of nitrogens with one attached hydrogen (secondary N) is 2. The van der Waals surface area contributed by atoms with E-state index in [1.54, 1.807) is 7.11 Å². The highest BCUT2D eigenvalue weighted by molar-refractivity contribution is 5.79. The molecule has 0 bridgehead atoms. The summed E-state index contributed by atoms with van der Waals surface area (Å²) in [5.74, 6) is 2.28. The molecule has 0 radical (unpaired) electrons. The van der Waals surface area contributed by atoms with Gasteiger partial charge in [0.15, 0.2) is 11.8 Å². The van der Waals surface area contributed by atoms with Crippen LogP contribution in [0.4, 0.5) is 0 Å². The van der Waals surface area contributed by atoms with E-state index >= 15 is 0 Å². The standard InChI is InChI=1S/C17H31N5O2/c1-4-18-16(19-11-5-7-15-21-14(2)22-24-15)20-13-17(8-6-9-17)10-12-23-3/h4-13H2,1-3H3,(H2,18,19,20). The summed E-state index contributed by atoms with van der Waals surface area (Å²) >= 11 is 0. The van der Waals surface area contributed by atoms with Crippen LogP contribution in [0, 0.1) is 12.3 Å². The first-order chi connectivity index (χ1) is 11.7. The first-order valence-corrected chi connectivity index (χ1v) is 8.98. The molecule has 1 fully saturated rings. The Balaban J connectivity index is 1.75. The molecule has 0 atom stereocenters. The second-order valence-electron chi connectivity index (χ2n) is 6.56. The largest absolute Gasteiger partial charge is 0.385 e. The lowest BCUT2D eigenvalue weighted by atomic mass is 9.67. The van der Waals surface area contributed by atoms with Crippen LogP contribution in [0.3, 0.4) is 0 Å². The summed E-state index contributed by atoms with van der Waals surface area (Å²) in [5, 5.41) is 10.5. The number of methoxy groups -OCH3 is 1. The molecule has 0 unspecified atom stereocenters. The van der Waals surface area contributed by atoms with Gasteiger partial charge in [0.05, 0.1) is 0 Å². The Morgan fingerprint density at radius 3 is 2.79 bits per heavy atom. The zero-order chi connectivity index (χ0) is 17.3. The summed E-state index contributed by atoms with van der Waals surface area (Å²) in [6.45, 7) is 7.30. The predicted octanol–water partition coefficient (Wildman–Crippen LogP) is 2.07. The Morgan fingerprint density at radius 1 is 1.38 bits per heavy atom. The Morgan fingerprint density at radius 2 is 2.21 bits per heavy atom. The first-order valence-electron chi connectivity index (χ1n) is 8.98. The van der Waals surface area contributed by atoms with Gasteiger partial charge in [0.1, 0.15) is 0 Å². The maximum Gasteiger partial charge on any atom is 0.226 e. The molecule has 2 rings (SSSR count). The smallest absolute Gasteiger partial charge is 0.226 e. The number of hydrogen-bond donors (Lipinski definition) is 2. The van der Waals surface area contributed by atoms with Gasteiger partial charge in [0.2, 0.25) is 5.89 Å². The molecular formula is C17H31N5O2. The van der Waals surface area contributed by atoms with E-state index in [1.165, 1.54) is 19.3 Å². The van der Waals surface area contributed by atoms with Gasteiger partial charge in [-0.05, 0) is 44.9 Å². The van der Waals surface area contributed by atoms with Crippen LogP contribution in [-0.4, -0.2) is 49.5 Å². The van der Waals surface area contributed by atoms with Crippen LogP contribution in [0.2, 0.25) is 0 Å². The average molecular weight is 337 g/mol. The van der Waals surface area contributed by atoms with E-state index in [4.69, 9.17) is 14.3 Å². The van der Waals surface area contributed by atoms with Gasteiger partial charge >= 0.3 is 0 Å². The Bertz CT molecular complexity index is 511. The van der Waals surface area contributed by atoms with Crippen LogP contribution in [0.5, 0.6) is 0 Å². The summed E-state index contributed by atoms with van der Waals surface area (Å²) in [6.07, 6.45) is 6.65. The summed E-state index contributed by atoms with van der Waals surface area (Å²) < 4.78 is 10.4. The molecule has 0 aliphatic heterocycles. The number of hydrogen-bond acceptors (Lipinski definition) is 5. The van der Waals surface area contributed by atoms with Crippen LogP contribution in [0.1, 0.15) is 50.7 Å². The van der Waals surface area contributed by atoms with Crippen molar-refractivity contribution in [1.29, 1.82) is 0 Å². The highest BCUT2D eigenvalue weighted by Crippen LogP contribution is 2.44. The molecule has 1 aliphatic rings. The fourth-order valence-corrected chi connectivity index (χ4v) is 2.96. The monoisotopic (exact) mass is 337 g/mol. The van der Waals surface area contributed by atoms with E-state index in [-0.39, 0.29) is 0 Å². The van der Waals surface area contributed by atoms with Gasteiger partial charge < -0.3 is 19.9 Å². The van der Waals surface area contributed by atoms with Crippen LogP contribution < -0.4 is 10.6 Å². The summed E-state index contributed by atoms with van der Waals surface area (Å²) in [5.41, 5.74) is 0.347. The number of ether oxygens (including phenoxy) is 1. The SMILES string of the molecule is CCNC(=NCC1(CCOC)CCC1)NCCCc1nc(C)no1. The molecule has 2 N–H and O–H groups in total. The number of aliphatic imine (C=N–C) groups is 1. The summed E-state index contributed by atoms with van der Waals surface area (Å²) in [4.78, 5) is 9.01. The third-order valence-electron chi connectivity index (χ3n) is 4.60. The topological polar surface area (TPSA) is 84.6 Å². The molecule has 0 amide bonds. The maximum absolute atomic E-state index is 5.25. The molecule has 0 saturated heterocycles. The minimum Gasteiger partial charge on any atom is -0.385 e. The van der Waals surface area contributed by atoms with Crippen molar-refractivity contribution in [3.05, 3.63) is 11.7 Å². The molecular weight excluding hydrogens is 306 g/mol. The highest BCUT2D eigenvalue weighted by Gasteiger charge is 2.36. The molecule has 1 aromatic heterocycles. The second-order valence-corrected chi connectivity index (χ2v) is 6.56. The predicted molar refractivity (Wildman–Crippen MR) is 94.1 cm³/mol. The Labute approximate surface area is 144 Å². The lowest BCUT2D eigenvalue weighted by Crippen LogP contribution is -2.40. The Hall–Kier alpha value is -1.63. The van der Waals surface area contributed by atoms with E-state index in [0.29, 0.717) is 17.1 Å². The third-order valence-corrected chi connectivity index (χ3v) is 4.60. The van der Waals surface area contributed by atoms with Gasteiger partial charge in [0.25, 0.3) is 0 Å². The fourth-order valence-electron chi connectivity index (χ4n) is 2.96. The van der Waals surface area contributed by atoms with Crippen molar-refractivity contribution in [2.75, 3.05) is 33.4 Å². The molecule has 0 aromatic carbocycles. The normalized spacial score (nSPS) is 16.7. The van der Waals surface area contributed by atoms with Crippen LogP contribution in [0.25, 0.3) is 0 Å². The molecule has 136 valence electrons. The van der Waals surface area contributed by atoms with Gasteiger partial charge in [-0.2, -0.15) is 4.98 Å². The number of guanidine groups is 1. The molecule has 7 heteroatoms. The van der Waals surface area contributed by atoms with E-state index in [0.717, 1.165) is 51.5 Å². The zero-order valence-corrected chi connectivity index (χ0v) is 15.2. The highest BCUT2D eigenvalue weighted by atomic mass is 16.5. The van der Waals surface area contributed by atoms with Crippen molar-refractivity contribution >= 4 is 5.96 Å². The quantitative estimate of drug-likeness (QED) is 0.386. The first kappa shape index (κ1) is 18.7. The fraction of sp³-hybridized carbons (Fsp3) is 0.824. The van der Waals surface area contributed by atoms with Crippen molar-refractivity contribution in [3.8, 4) is 0 Å². The van der Waals surface area contributed by atoms with Gasteiger partial charge in [0, 0.05) is 39.8 Å². The van der Waals surface area contributed by atoms with Gasteiger partial charge in [-0.15, -0.1) is 0 Å². The molecule has 1 aromatic rings. The van der Waals surface area contributed by atoms with Gasteiger partial charge in [-0.1, -0.05) is 11.6 Å². The van der Waals surface area contributed by atoms with Gasteiger partial charge in [-0.25, -0.2) is 0 Å². The number of rotatable bonds is 10. The number of aromatic nitrogens is 2. The second kappa shape index (κ2) is 9.61. The lowest BCUT2D eigenvalue weighted by Gasteiger charge is -2.40. The van der Waals surface area contributed by atoms with E-state index in [2.05, 4.69) is 27.7 Å². The van der Waals surface area contributed by atoms with Gasteiger partial charge in [-0.3, -0.25) is 4.99 Å². The molecule has 1 aliphatic carbocycles. The third kappa shape index (κ3) is 5.78. The van der Waals surface area contributed by atoms with Crippen LogP contribution in [0.15, 0.2) is 9.52 Å². The van der Waals surface area contributed by atoms with E-state index < -0.39 is 0 Å². The minimum atomic E-state index is 0.347. The Kier molecular flexibility index (Phi) is 7.49. The molecule has 0 spiro atoms. The van der Waals surface area contributed by atoms with Crippen molar-refractivity contribution in [3.63, 3.8) is 0 Å². The molecule has 7 nitrogen and oxygen atoms in total. The summed E-state index contributed by atoms with van der Waals surface area (Å²) in [6, 6.07) is 0. The minimum absolute atomic E-state index is 0.347. The molecule has 24 heavy (non-hydrogen) atoms. The van der Waals surface area contributed by atoms with Crippen molar-refractivity contribution in [1.82, 2.24) is 20.8 Å². The zero-order valence-electron chi connectivity index (χ0n) is 15.2. The van der Waals surface area contributed by atoms with E-state index in [1.807, 2.05) is 6.92 Å². The molecule has 1 saturated carbocycles. The number of nitrogens with zero attached hydrogens (tertiary/aromatic N) is 3. The number of aryl methyl sites for hydroxylation is 2. The lowest BCUT2D eigenvalue weighted by molar-refractivity contribution is 0.0778. The van der Waals surface area contributed by atoms with Crippen molar-refractivity contribution in [2.24, 2.45) is 10.4 Å². The summed E-state index contributed by atoms with van der Waals surface area (Å²) in [7, 11) is 1.77. The molecule has 1 heterocycles. The maximum atomic E-state index is 5.25. The van der Waals surface area contributed by atoms with Crippen LogP contribution >= 0.6 is 0 Å². The van der Waals surface area contributed by atoms with Crippen molar-refractivity contribution in [2.45, 2.75) is 52.4 Å². The average Bonchev–Trinajstić information content (AvgIpc) is 2.95.